The number of aliphatic carboxylic acids is 1. The van der Waals surface area contributed by atoms with Crippen LogP contribution in [0.2, 0.25) is 0 Å². The first-order valence-corrected chi connectivity index (χ1v) is 6.46. The summed E-state index contributed by atoms with van der Waals surface area (Å²) in [5, 5.41) is 19.8. The molecule has 18 heavy (non-hydrogen) atoms. The van der Waals surface area contributed by atoms with Crippen LogP contribution < -0.4 is 0 Å². The molecule has 5 heteroatoms. The molecule has 1 aliphatic heterocycles. The number of carboxylic acids is 1. The maximum absolute atomic E-state index is 11.1. The van der Waals surface area contributed by atoms with Gasteiger partial charge in [0.25, 0.3) is 0 Å². The molecule has 0 saturated heterocycles. The summed E-state index contributed by atoms with van der Waals surface area (Å²) in [5.41, 5.74) is 0.727. The number of carboxylic acid groups (broad SMARTS) is 1. The van der Waals surface area contributed by atoms with E-state index in [2.05, 4.69) is 4.99 Å². The number of rotatable bonds is 3. The van der Waals surface area contributed by atoms with Gasteiger partial charge in [0.1, 0.15) is 11.1 Å². The number of nitrogens with zero attached hydrogens (tertiary/aromatic N) is 1. The number of hydrogen-bond donors (Lipinski definition) is 2. The van der Waals surface area contributed by atoms with E-state index in [0.29, 0.717) is 5.04 Å². The van der Waals surface area contributed by atoms with Gasteiger partial charge in [-0.1, -0.05) is 42.1 Å². The molecule has 2 N–H and O–H groups in total. The normalized spacial score (nSPS) is 23.5. The van der Waals surface area contributed by atoms with Crippen molar-refractivity contribution in [1.29, 1.82) is 0 Å². The van der Waals surface area contributed by atoms with Crippen LogP contribution in [-0.4, -0.2) is 32.0 Å². The lowest BCUT2D eigenvalue weighted by molar-refractivity contribution is -0.138. The predicted molar refractivity (Wildman–Crippen MR) is 71.9 cm³/mol. The molecule has 0 spiro atoms. The number of benzene rings is 1. The zero-order chi connectivity index (χ0) is 13.3. The van der Waals surface area contributed by atoms with Crippen LogP contribution in [0.25, 0.3) is 0 Å². The van der Waals surface area contributed by atoms with Crippen molar-refractivity contribution in [3.05, 3.63) is 35.9 Å². The minimum absolute atomic E-state index is 0.471. The second-order valence-corrected chi connectivity index (χ2v) is 6.40. The molecule has 96 valence electrons. The number of aliphatic hydroxyl groups is 1. The van der Waals surface area contributed by atoms with E-state index < -0.39 is 22.9 Å². The second-order valence-electron chi connectivity index (χ2n) is 4.73. The predicted octanol–water partition coefficient (Wildman–Crippen LogP) is 2.10. The Morgan fingerprint density at radius 2 is 2.00 bits per heavy atom. The van der Waals surface area contributed by atoms with E-state index in [1.165, 1.54) is 11.8 Å². The van der Waals surface area contributed by atoms with E-state index in [9.17, 15) is 9.90 Å². The summed E-state index contributed by atoms with van der Waals surface area (Å²) in [4.78, 5) is 15.3. The third-order valence-corrected chi connectivity index (χ3v) is 4.15. The average Bonchev–Trinajstić information content (AvgIpc) is 2.65. The molecule has 2 atom stereocenters. The Balaban J connectivity index is 2.26. The van der Waals surface area contributed by atoms with Gasteiger partial charge in [-0.15, -0.1) is 0 Å². The first kappa shape index (κ1) is 13.1. The highest BCUT2D eigenvalue weighted by Crippen LogP contribution is 2.41. The molecular weight excluding hydrogens is 250 g/mol. The minimum Gasteiger partial charge on any atom is -0.480 e. The van der Waals surface area contributed by atoms with Gasteiger partial charge < -0.3 is 10.2 Å². The average molecular weight is 265 g/mol. The van der Waals surface area contributed by atoms with E-state index in [4.69, 9.17) is 5.11 Å². The third-order valence-electron chi connectivity index (χ3n) is 2.87. The number of aliphatic hydroxyl groups excluding tert-OH is 1. The van der Waals surface area contributed by atoms with Crippen molar-refractivity contribution in [2.45, 2.75) is 30.7 Å². The van der Waals surface area contributed by atoms with E-state index in [-0.39, 0.29) is 0 Å². The number of thioether (sulfide) groups is 1. The van der Waals surface area contributed by atoms with Crippen molar-refractivity contribution in [3.63, 3.8) is 0 Å². The van der Waals surface area contributed by atoms with Crippen LogP contribution in [-0.2, 0) is 4.79 Å². The smallest absolute Gasteiger partial charge is 0.329 e. The Labute approximate surface area is 110 Å². The summed E-state index contributed by atoms with van der Waals surface area (Å²) in [7, 11) is 0. The Bertz CT molecular complexity index is 484. The standard InChI is InChI=1S/C13H15NO3S/c1-13(2)10(12(16)17)14-11(18-13)9(15)8-6-4-3-5-7-8/h3-7,9-10,15H,1-2H3,(H,16,17). The van der Waals surface area contributed by atoms with Gasteiger partial charge in [0.05, 0.1) is 0 Å². The molecule has 0 amide bonds. The van der Waals surface area contributed by atoms with Gasteiger partial charge in [0.2, 0.25) is 0 Å². The van der Waals surface area contributed by atoms with Gasteiger partial charge in [-0.25, -0.2) is 4.79 Å². The van der Waals surface area contributed by atoms with Crippen LogP contribution in [0.1, 0.15) is 25.5 Å². The first-order chi connectivity index (χ1) is 8.42. The van der Waals surface area contributed by atoms with Gasteiger partial charge in [-0.05, 0) is 19.4 Å². The molecule has 1 heterocycles. The van der Waals surface area contributed by atoms with Gasteiger partial charge in [0.15, 0.2) is 6.04 Å². The van der Waals surface area contributed by atoms with E-state index in [0.717, 1.165) is 5.56 Å². The lowest BCUT2D eigenvalue weighted by Crippen LogP contribution is -2.34. The molecule has 0 saturated carbocycles. The van der Waals surface area contributed by atoms with E-state index in [1.54, 1.807) is 12.1 Å². The Hall–Kier alpha value is -1.33. The Kier molecular flexibility index (Phi) is 3.45. The van der Waals surface area contributed by atoms with E-state index >= 15 is 0 Å². The number of carbonyl (C=O) groups is 1. The molecule has 0 fully saturated rings. The molecule has 0 bridgehead atoms. The zero-order valence-electron chi connectivity index (χ0n) is 10.2. The third kappa shape index (κ3) is 2.42. The summed E-state index contributed by atoms with van der Waals surface area (Å²) in [6, 6.07) is 8.32. The summed E-state index contributed by atoms with van der Waals surface area (Å²) < 4.78 is -0.531. The maximum Gasteiger partial charge on any atom is 0.329 e. The summed E-state index contributed by atoms with van der Waals surface area (Å²) in [5.74, 6) is -0.956. The lowest BCUT2D eigenvalue weighted by atomic mass is 10.0. The minimum atomic E-state index is -0.956. The number of aliphatic imine (C=N–C) groups is 1. The highest BCUT2D eigenvalue weighted by molar-refractivity contribution is 8.15. The maximum atomic E-state index is 11.1. The molecular formula is C13H15NO3S. The summed E-state index contributed by atoms with van der Waals surface area (Å²) >= 11 is 1.33. The van der Waals surface area contributed by atoms with Crippen molar-refractivity contribution in [3.8, 4) is 0 Å². The molecule has 0 aromatic heterocycles. The van der Waals surface area contributed by atoms with Gasteiger partial charge >= 0.3 is 5.97 Å². The van der Waals surface area contributed by atoms with Crippen LogP contribution in [0.4, 0.5) is 0 Å². The van der Waals surface area contributed by atoms with Gasteiger partial charge in [-0.2, -0.15) is 0 Å². The zero-order valence-corrected chi connectivity index (χ0v) is 11.0. The number of hydrogen-bond acceptors (Lipinski definition) is 4. The highest BCUT2D eigenvalue weighted by atomic mass is 32.2. The van der Waals surface area contributed by atoms with Crippen LogP contribution in [0.15, 0.2) is 35.3 Å². The Morgan fingerprint density at radius 1 is 1.39 bits per heavy atom. The van der Waals surface area contributed by atoms with Crippen LogP contribution in [0.3, 0.4) is 0 Å². The van der Waals surface area contributed by atoms with Crippen molar-refractivity contribution in [2.75, 3.05) is 0 Å². The molecule has 2 unspecified atom stereocenters. The fourth-order valence-electron chi connectivity index (χ4n) is 1.89. The summed E-state index contributed by atoms with van der Waals surface area (Å²) in [6.45, 7) is 3.65. The molecule has 1 aliphatic rings. The van der Waals surface area contributed by atoms with Crippen LogP contribution in [0, 0.1) is 0 Å². The van der Waals surface area contributed by atoms with Crippen molar-refractivity contribution < 1.29 is 15.0 Å². The lowest BCUT2D eigenvalue weighted by Gasteiger charge is -2.20. The van der Waals surface area contributed by atoms with Crippen molar-refractivity contribution >= 4 is 22.8 Å². The molecule has 0 aliphatic carbocycles. The topological polar surface area (TPSA) is 69.9 Å². The quantitative estimate of drug-likeness (QED) is 0.878. The molecule has 2 rings (SSSR count). The van der Waals surface area contributed by atoms with Crippen molar-refractivity contribution in [2.24, 2.45) is 4.99 Å². The molecule has 4 nitrogen and oxygen atoms in total. The first-order valence-electron chi connectivity index (χ1n) is 5.64. The largest absolute Gasteiger partial charge is 0.480 e. The Morgan fingerprint density at radius 3 is 2.50 bits per heavy atom. The molecule has 1 aromatic carbocycles. The summed E-state index contributed by atoms with van der Waals surface area (Å²) in [6.07, 6.45) is -0.847. The van der Waals surface area contributed by atoms with E-state index in [1.807, 2.05) is 32.0 Å². The fourth-order valence-corrected chi connectivity index (χ4v) is 3.10. The second kappa shape index (κ2) is 4.74. The molecule has 1 aromatic rings. The van der Waals surface area contributed by atoms with Crippen LogP contribution >= 0.6 is 11.8 Å². The monoisotopic (exact) mass is 265 g/mol. The SMILES string of the molecule is CC1(C)SC(C(O)c2ccccc2)=NC1C(=O)O. The van der Waals surface area contributed by atoms with Gasteiger partial charge in [0, 0.05) is 4.75 Å². The van der Waals surface area contributed by atoms with Gasteiger partial charge in [-0.3, -0.25) is 4.99 Å². The fraction of sp³-hybridized carbons (Fsp3) is 0.385. The van der Waals surface area contributed by atoms with Crippen molar-refractivity contribution in [1.82, 2.24) is 0 Å². The van der Waals surface area contributed by atoms with Crippen LogP contribution in [0.5, 0.6) is 0 Å². The molecule has 0 radical (unpaired) electrons. The highest BCUT2D eigenvalue weighted by Gasteiger charge is 2.43.